The van der Waals surface area contributed by atoms with Gasteiger partial charge >= 0.3 is 0 Å². The van der Waals surface area contributed by atoms with E-state index >= 15 is 0 Å². The lowest BCUT2D eigenvalue weighted by Gasteiger charge is -2.26. The first-order valence-electron chi connectivity index (χ1n) is 6.97. The zero-order chi connectivity index (χ0) is 14.1. The molecule has 0 radical (unpaired) electrons. The van der Waals surface area contributed by atoms with Gasteiger partial charge in [0.15, 0.2) is 0 Å². The van der Waals surface area contributed by atoms with Crippen molar-refractivity contribution < 1.29 is 14.2 Å². The summed E-state index contributed by atoms with van der Waals surface area (Å²) in [6.45, 7) is 6.25. The summed E-state index contributed by atoms with van der Waals surface area (Å²) < 4.78 is 15.9. The molecular formula is C14H26N2O3. The number of nitrogens with one attached hydrogen (secondary N) is 1. The van der Waals surface area contributed by atoms with Crippen LogP contribution in [0.3, 0.4) is 0 Å². The molecule has 19 heavy (non-hydrogen) atoms. The van der Waals surface area contributed by atoms with Crippen molar-refractivity contribution in [1.29, 1.82) is 5.26 Å². The van der Waals surface area contributed by atoms with Gasteiger partial charge in [-0.1, -0.05) is 0 Å². The van der Waals surface area contributed by atoms with E-state index in [1.165, 1.54) is 12.8 Å². The Kier molecular flexibility index (Phi) is 7.32. The van der Waals surface area contributed by atoms with Crippen LogP contribution in [0.1, 0.15) is 33.1 Å². The molecule has 0 aliphatic heterocycles. The fraction of sp³-hybridized carbons (Fsp3) is 0.929. The lowest BCUT2D eigenvalue weighted by atomic mass is 9.96. The molecule has 5 nitrogen and oxygen atoms in total. The van der Waals surface area contributed by atoms with E-state index in [9.17, 15) is 5.26 Å². The molecule has 1 aliphatic rings. The summed E-state index contributed by atoms with van der Waals surface area (Å²) in [7, 11) is 1.65. The fourth-order valence-corrected chi connectivity index (χ4v) is 2.00. The van der Waals surface area contributed by atoms with Crippen molar-refractivity contribution in [2.45, 2.75) is 50.8 Å². The molecule has 0 amide bonds. The third-order valence-corrected chi connectivity index (χ3v) is 3.10. The minimum Gasteiger partial charge on any atom is -0.382 e. The quantitative estimate of drug-likeness (QED) is 0.576. The highest BCUT2D eigenvalue weighted by Gasteiger charge is 2.33. The van der Waals surface area contributed by atoms with E-state index < -0.39 is 5.54 Å². The predicted octanol–water partition coefficient (Wildman–Crippen LogP) is 1.48. The van der Waals surface area contributed by atoms with E-state index in [1.54, 1.807) is 7.11 Å². The smallest absolute Gasteiger partial charge is 0.106 e. The molecule has 0 saturated heterocycles. The van der Waals surface area contributed by atoms with Gasteiger partial charge in [-0.3, -0.25) is 5.32 Å². The summed E-state index contributed by atoms with van der Waals surface area (Å²) in [6.07, 6.45) is 3.10. The molecule has 1 rings (SSSR count). The second-order valence-corrected chi connectivity index (χ2v) is 5.35. The van der Waals surface area contributed by atoms with Crippen molar-refractivity contribution >= 4 is 0 Å². The first-order chi connectivity index (χ1) is 9.09. The highest BCUT2D eigenvalue weighted by Crippen LogP contribution is 2.24. The van der Waals surface area contributed by atoms with Gasteiger partial charge in [0.2, 0.25) is 0 Å². The van der Waals surface area contributed by atoms with Gasteiger partial charge in [0.05, 0.1) is 38.6 Å². The number of methoxy groups -OCH3 is 1. The number of hydrogen-bond donors (Lipinski definition) is 1. The van der Waals surface area contributed by atoms with Gasteiger partial charge in [-0.05, 0) is 26.7 Å². The van der Waals surface area contributed by atoms with Crippen LogP contribution >= 0.6 is 0 Å². The van der Waals surface area contributed by atoms with Gasteiger partial charge in [0, 0.05) is 19.6 Å². The zero-order valence-corrected chi connectivity index (χ0v) is 12.3. The summed E-state index contributed by atoms with van der Waals surface area (Å²) >= 11 is 0. The third-order valence-electron chi connectivity index (χ3n) is 3.10. The van der Waals surface area contributed by atoms with Gasteiger partial charge in [-0.15, -0.1) is 0 Å². The molecule has 0 bridgehead atoms. The molecule has 1 fully saturated rings. The normalized spacial score (nSPS) is 19.7. The fourth-order valence-electron chi connectivity index (χ4n) is 2.00. The summed E-state index contributed by atoms with van der Waals surface area (Å²) in [5.41, 5.74) is -0.489. The highest BCUT2D eigenvalue weighted by molar-refractivity contribution is 5.07. The summed E-state index contributed by atoms with van der Waals surface area (Å²) in [5.74, 6) is 0. The number of hydrogen-bond acceptors (Lipinski definition) is 5. The summed E-state index contributed by atoms with van der Waals surface area (Å²) in [4.78, 5) is 0. The first-order valence-corrected chi connectivity index (χ1v) is 6.97. The van der Waals surface area contributed by atoms with E-state index in [0.717, 1.165) is 0 Å². The van der Waals surface area contributed by atoms with E-state index in [0.29, 0.717) is 38.9 Å². The Balaban J connectivity index is 2.11. The molecule has 110 valence electrons. The Bertz CT molecular complexity index is 289. The number of nitrogens with zero attached hydrogens (tertiary/aromatic N) is 1. The SMILES string of the molecule is COCCOCCOC(C)CC(C)(C#N)NC1CC1. The van der Waals surface area contributed by atoms with E-state index in [2.05, 4.69) is 11.4 Å². The Morgan fingerprint density at radius 2 is 2.00 bits per heavy atom. The van der Waals surface area contributed by atoms with Crippen LogP contribution in [0.15, 0.2) is 0 Å². The number of rotatable bonds is 11. The Labute approximate surface area is 116 Å². The van der Waals surface area contributed by atoms with E-state index in [-0.39, 0.29) is 6.10 Å². The largest absolute Gasteiger partial charge is 0.382 e. The molecule has 5 heteroatoms. The Hall–Kier alpha value is -0.670. The zero-order valence-electron chi connectivity index (χ0n) is 12.3. The van der Waals surface area contributed by atoms with Crippen LogP contribution < -0.4 is 5.32 Å². The second-order valence-electron chi connectivity index (χ2n) is 5.35. The molecule has 0 aromatic carbocycles. The highest BCUT2D eigenvalue weighted by atomic mass is 16.5. The molecule has 0 heterocycles. The third kappa shape index (κ3) is 7.48. The van der Waals surface area contributed by atoms with Crippen LogP contribution in [0.4, 0.5) is 0 Å². The van der Waals surface area contributed by atoms with Crippen molar-refractivity contribution in [3.05, 3.63) is 0 Å². The monoisotopic (exact) mass is 270 g/mol. The van der Waals surface area contributed by atoms with Crippen molar-refractivity contribution in [3.63, 3.8) is 0 Å². The second kappa shape index (κ2) is 8.49. The molecule has 0 aromatic heterocycles. The maximum absolute atomic E-state index is 9.27. The predicted molar refractivity (Wildman–Crippen MR) is 72.9 cm³/mol. The van der Waals surface area contributed by atoms with Gasteiger partial charge in [-0.25, -0.2) is 0 Å². The van der Waals surface area contributed by atoms with Crippen molar-refractivity contribution in [2.75, 3.05) is 33.5 Å². The Morgan fingerprint density at radius 3 is 2.58 bits per heavy atom. The molecule has 1 N–H and O–H groups in total. The molecule has 2 atom stereocenters. The van der Waals surface area contributed by atoms with E-state index in [1.807, 2.05) is 13.8 Å². The first kappa shape index (κ1) is 16.4. The number of nitriles is 1. The minimum atomic E-state index is -0.489. The Morgan fingerprint density at radius 1 is 1.32 bits per heavy atom. The van der Waals surface area contributed by atoms with Crippen molar-refractivity contribution in [2.24, 2.45) is 0 Å². The van der Waals surface area contributed by atoms with Crippen LogP contribution in [0.25, 0.3) is 0 Å². The van der Waals surface area contributed by atoms with Crippen LogP contribution in [0.5, 0.6) is 0 Å². The van der Waals surface area contributed by atoms with Gasteiger partial charge in [0.1, 0.15) is 5.54 Å². The average molecular weight is 270 g/mol. The van der Waals surface area contributed by atoms with Crippen LogP contribution in [0, 0.1) is 11.3 Å². The minimum absolute atomic E-state index is 0.0434. The summed E-state index contributed by atoms with van der Waals surface area (Å²) in [5, 5.41) is 12.7. The average Bonchev–Trinajstić information content (AvgIpc) is 3.17. The number of ether oxygens (including phenoxy) is 3. The molecule has 0 aromatic rings. The molecule has 0 spiro atoms. The van der Waals surface area contributed by atoms with Gasteiger partial charge in [0.25, 0.3) is 0 Å². The lowest BCUT2D eigenvalue weighted by Crippen LogP contribution is -2.45. The van der Waals surface area contributed by atoms with Crippen LogP contribution in [-0.2, 0) is 14.2 Å². The van der Waals surface area contributed by atoms with Crippen molar-refractivity contribution in [1.82, 2.24) is 5.32 Å². The molecule has 1 saturated carbocycles. The maximum Gasteiger partial charge on any atom is 0.106 e. The maximum atomic E-state index is 9.27. The van der Waals surface area contributed by atoms with Gasteiger partial charge in [-0.2, -0.15) is 5.26 Å². The van der Waals surface area contributed by atoms with Crippen LogP contribution in [0.2, 0.25) is 0 Å². The van der Waals surface area contributed by atoms with E-state index in [4.69, 9.17) is 14.2 Å². The van der Waals surface area contributed by atoms with Crippen LogP contribution in [-0.4, -0.2) is 51.2 Å². The van der Waals surface area contributed by atoms with Gasteiger partial charge < -0.3 is 14.2 Å². The standard InChI is InChI=1S/C14H26N2O3/c1-12(19-9-8-18-7-6-17-3)10-14(2,11-15)16-13-4-5-13/h12-13,16H,4-10H2,1-3H3. The molecule has 2 unspecified atom stereocenters. The topological polar surface area (TPSA) is 63.5 Å². The lowest BCUT2D eigenvalue weighted by molar-refractivity contribution is -0.00794. The molecular weight excluding hydrogens is 244 g/mol. The van der Waals surface area contributed by atoms with Crippen molar-refractivity contribution in [3.8, 4) is 6.07 Å². The summed E-state index contributed by atoms with van der Waals surface area (Å²) in [6, 6.07) is 2.88. The molecule has 1 aliphatic carbocycles.